The molecule has 0 saturated carbocycles. The third-order valence-electron chi connectivity index (χ3n) is 3.14. The Kier molecular flexibility index (Phi) is 2.33. The second-order valence-corrected chi connectivity index (χ2v) is 4.37. The van der Waals surface area contributed by atoms with Crippen LogP contribution in [0, 0.1) is 0 Å². The molecule has 2 heterocycles. The zero-order chi connectivity index (χ0) is 11.8. The summed E-state index contributed by atoms with van der Waals surface area (Å²) < 4.78 is 0. The first-order valence-corrected chi connectivity index (χ1v) is 5.64. The molecule has 3 rings (SSSR count). The van der Waals surface area contributed by atoms with E-state index in [-0.39, 0.29) is 12.0 Å². The largest absolute Gasteiger partial charge is 0.391 e. The summed E-state index contributed by atoms with van der Waals surface area (Å²) in [5.74, 6) is -0.0235. The van der Waals surface area contributed by atoms with Crippen molar-refractivity contribution in [2.75, 3.05) is 13.1 Å². The number of fused-ring (bicyclic) bond motifs is 1. The Balaban J connectivity index is 1.89. The lowest BCUT2D eigenvalue weighted by molar-refractivity contribution is 0.0765. The highest BCUT2D eigenvalue weighted by Gasteiger charge is 2.25. The van der Waals surface area contributed by atoms with Gasteiger partial charge in [0.1, 0.15) is 0 Å². The van der Waals surface area contributed by atoms with Crippen molar-refractivity contribution in [3.05, 3.63) is 30.0 Å². The summed E-state index contributed by atoms with van der Waals surface area (Å²) in [6.45, 7) is 1.06. The quantitative estimate of drug-likeness (QED) is 0.761. The second-order valence-electron chi connectivity index (χ2n) is 4.37. The Morgan fingerprint density at radius 2 is 2.41 bits per heavy atom. The Morgan fingerprint density at radius 1 is 1.53 bits per heavy atom. The van der Waals surface area contributed by atoms with Crippen LogP contribution in [0.5, 0.6) is 0 Å². The number of carbonyl (C=O) groups is 1. The monoisotopic (exact) mass is 231 g/mol. The second kappa shape index (κ2) is 3.85. The molecule has 0 radical (unpaired) electrons. The molecular formula is C12H13N3O2. The number of β-amino-alcohol motifs (C(OH)–C–C–N with tert-alkyl or cyclic N) is 1. The van der Waals surface area contributed by atoms with E-state index in [4.69, 9.17) is 0 Å². The van der Waals surface area contributed by atoms with Crippen molar-refractivity contribution in [1.29, 1.82) is 0 Å². The van der Waals surface area contributed by atoms with Crippen molar-refractivity contribution in [3.8, 4) is 0 Å². The molecule has 1 aliphatic rings. The summed E-state index contributed by atoms with van der Waals surface area (Å²) in [4.78, 5) is 13.8. The molecule has 2 aromatic rings. The molecule has 1 amide bonds. The highest BCUT2D eigenvalue weighted by Crippen LogP contribution is 2.17. The summed E-state index contributed by atoms with van der Waals surface area (Å²) in [7, 11) is 0. The van der Waals surface area contributed by atoms with E-state index >= 15 is 0 Å². The molecule has 5 heteroatoms. The van der Waals surface area contributed by atoms with Gasteiger partial charge in [0.15, 0.2) is 0 Å². The lowest BCUT2D eigenvalue weighted by Crippen LogP contribution is -2.29. The number of carbonyl (C=O) groups excluding carboxylic acids is 1. The van der Waals surface area contributed by atoms with Gasteiger partial charge in [-0.15, -0.1) is 0 Å². The van der Waals surface area contributed by atoms with Gasteiger partial charge in [-0.1, -0.05) is 0 Å². The minimum absolute atomic E-state index is 0.0235. The number of aliphatic hydroxyl groups is 1. The first kappa shape index (κ1) is 10.3. The number of nitrogens with one attached hydrogen (secondary N) is 1. The van der Waals surface area contributed by atoms with Gasteiger partial charge in [0.25, 0.3) is 5.91 Å². The first-order valence-electron chi connectivity index (χ1n) is 5.64. The molecule has 88 valence electrons. The topological polar surface area (TPSA) is 69.2 Å². The molecule has 0 unspecified atom stereocenters. The van der Waals surface area contributed by atoms with E-state index < -0.39 is 0 Å². The van der Waals surface area contributed by atoms with E-state index in [1.165, 1.54) is 0 Å². The zero-order valence-corrected chi connectivity index (χ0v) is 9.26. The molecule has 1 aromatic heterocycles. The fourth-order valence-electron chi connectivity index (χ4n) is 2.18. The number of aliphatic hydroxyl groups excluding tert-OH is 1. The maximum atomic E-state index is 12.1. The van der Waals surface area contributed by atoms with Gasteiger partial charge >= 0.3 is 0 Å². The minimum atomic E-state index is -0.378. The third-order valence-corrected chi connectivity index (χ3v) is 3.14. The van der Waals surface area contributed by atoms with E-state index in [0.29, 0.717) is 25.1 Å². The van der Waals surface area contributed by atoms with E-state index in [1.807, 2.05) is 12.1 Å². The number of aromatic amines is 1. The SMILES string of the molecule is O=C(c1ccc2[nH]ncc2c1)N1CC[C@@H](O)C1. The molecule has 1 aliphatic heterocycles. The van der Waals surface area contributed by atoms with E-state index in [0.717, 1.165) is 10.9 Å². The van der Waals surface area contributed by atoms with Crippen molar-refractivity contribution in [1.82, 2.24) is 15.1 Å². The van der Waals surface area contributed by atoms with Crippen LogP contribution in [0.2, 0.25) is 0 Å². The van der Waals surface area contributed by atoms with Gasteiger partial charge in [0.2, 0.25) is 0 Å². The van der Waals surface area contributed by atoms with Crippen LogP contribution in [-0.4, -0.2) is 45.3 Å². The maximum absolute atomic E-state index is 12.1. The van der Waals surface area contributed by atoms with E-state index in [9.17, 15) is 9.90 Å². The van der Waals surface area contributed by atoms with Crippen LogP contribution in [0.4, 0.5) is 0 Å². The molecule has 0 spiro atoms. The molecule has 2 N–H and O–H groups in total. The van der Waals surface area contributed by atoms with Gasteiger partial charge in [-0.25, -0.2) is 0 Å². The van der Waals surface area contributed by atoms with Crippen LogP contribution in [-0.2, 0) is 0 Å². The summed E-state index contributed by atoms with van der Waals surface area (Å²) >= 11 is 0. The molecule has 1 fully saturated rings. The van der Waals surface area contributed by atoms with Crippen LogP contribution >= 0.6 is 0 Å². The first-order chi connectivity index (χ1) is 8.24. The fourth-order valence-corrected chi connectivity index (χ4v) is 2.18. The predicted octanol–water partition coefficient (Wildman–Crippen LogP) is 0.770. The standard InChI is InChI=1S/C12H13N3O2/c16-10-3-4-15(7-10)12(17)8-1-2-11-9(5-8)6-13-14-11/h1-2,5-6,10,16H,3-4,7H2,(H,13,14)/t10-/m1/s1. The summed E-state index contributed by atoms with van der Waals surface area (Å²) in [6, 6.07) is 5.46. The van der Waals surface area contributed by atoms with Gasteiger partial charge in [-0.2, -0.15) is 5.10 Å². The van der Waals surface area contributed by atoms with Crippen molar-refractivity contribution in [2.24, 2.45) is 0 Å². The summed E-state index contributed by atoms with van der Waals surface area (Å²) in [5.41, 5.74) is 1.57. The number of H-pyrrole nitrogens is 1. The number of rotatable bonds is 1. The van der Waals surface area contributed by atoms with Gasteiger partial charge in [-0.05, 0) is 24.6 Å². The molecule has 5 nitrogen and oxygen atoms in total. The number of benzene rings is 1. The molecule has 1 saturated heterocycles. The fraction of sp³-hybridized carbons (Fsp3) is 0.333. The van der Waals surface area contributed by atoms with Crippen molar-refractivity contribution in [2.45, 2.75) is 12.5 Å². The number of likely N-dealkylation sites (tertiary alicyclic amines) is 1. The van der Waals surface area contributed by atoms with Crippen molar-refractivity contribution in [3.63, 3.8) is 0 Å². The van der Waals surface area contributed by atoms with E-state index in [1.54, 1.807) is 17.2 Å². The molecular weight excluding hydrogens is 218 g/mol. The number of hydrogen-bond acceptors (Lipinski definition) is 3. The Bertz CT molecular complexity index is 564. The number of amides is 1. The molecule has 1 aromatic carbocycles. The highest BCUT2D eigenvalue weighted by atomic mass is 16.3. The summed E-state index contributed by atoms with van der Waals surface area (Å²) in [5, 5.41) is 17.1. The van der Waals surface area contributed by atoms with Gasteiger partial charge in [0.05, 0.1) is 17.8 Å². The Hall–Kier alpha value is -1.88. The number of nitrogens with zero attached hydrogens (tertiary/aromatic N) is 2. The average Bonchev–Trinajstić information content (AvgIpc) is 2.95. The zero-order valence-electron chi connectivity index (χ0n) is 9.26. The van der Waals surface area contributed by atoms with Crippen molar-refractivity contribution < 1.29 is 9.90 Å². The normalized spacial score (nSPS) is 20.1. The number of aromatic nitrogens is 2. The Labute approximate surface area is 98.0 Å². The highest BCUT2D eigenvalue weighted by molar-refractivity contribution is 5.98. The lowest BCUT2D eigenvalue weighted by Gasteiger charge is -2.15. The maximum Gasteiger partial charge on any atom is 0.253 e. The van der Waals surface area contributed by atoms with Crippen molar-refractivity contribution >= 4 is 16.8 Å². The molecule has 17 heavy (non-hydrogen) atoms. The minimum Gasteiger partial charge on any atom is -0.391 e. The third kappa shape index (κ3) is 1.78. The lowest BCUT2D eigenvalue weighted by atomic mass is 10.1. The van der Waals surface area contributed by atoms with Gasteiger partial charge in [0, 0.05) is 24.0 Å². The van der Waals surface area contributed by atoms with Gasteiger partial charge in [-0.3, -0.25) is 9.89 Å². The van der Waals surface area contributed by atoms with Crippen LogP contribution in [0.1, 0.15) is 16.8 Å². The smallest absolute Gasteiger partial charge is 0.253 e. The molecule has 0 aliphatic carbocycles. The van der Waals surface area contributed by atoms with Crippen LogP contribution in [0.3, 0.4) is 0 Å². The van der Waals surface area contributed by atoms with Gasteiger partial charge < -0.3 is 10.0 Å². The summed E-state index contributed by atoms with van der Waals surface area (Å²) in [6.07, 6.45) is 1.99. The Morgan fingerprint density at radius 3 is 3.18 bits per heavy atom. The predicted molar refractivity (Wildman–Crippen MR) is 62.6 cm³/mol. The molecule has 1 atom stereocenters. The number of hydrogen-bond donors (Lipinski definition) is 2. The van der Waals surface area contributed by atoms with Crippen LogP contribution in [0.15, 0.2) is 24.4 Å². The van der Waals surface area contributed by atoms with Crippen LogP contribution in [0.25, 0.3) is 10.9 Å². The van der Waals surface area contributed by atoms with Crippen LogP contribution < -0.4 is 0 Å². The molecule has 0 bridgehead atoms. The van der Waals surface area contributed by atoms with E-state index in [2.05, 4.69) is 10.2 Å². The average molecular weight is 231 g/mol.